The molecule has 0 radical (unpaired) electrons. The molecule has 0 unspecified atom stereocenters. The second-order valence-electron chi connectivity index (χ2n) is 5.64. The van der Waals surface area contributed by atoms with Gasteiger partial charge < -0.3 is 9.30 Å². The van der Waals surface area contributed by atoms with Gasteiger partial charge in [0.1, 0.15) is 5.75 Å². The summed E-state index contributed by atoms with van der Waals surface area (Å²) >= 11 is 1.37. The molecule has 1 heterocycles. The van der Waals surface area contributed by atoms with Crippen molar-refractivity contribution in [3.05, 3.63) is 59.7 Å². The van der Waals surface area contributed by atoms with Crippen molar-refractivity contribution >= 4 is 17.5 Å². The Morgan fingerprint density at radius 2 is 1.84 bits per heavy atom. The minimum Gasteiger partial charge on any atom is -0.496 e. The lowest BCUT2D eigenvalue weighted by Crippen LogP contribution is -2.06. The second kappa shape index (κ2) is 7.53. The van der Waals surface area contributed by atoms with Crippen LogP contribution in [0.25, 0.3) is 11.4 Å². The minimum absolute atomic E-state index is 0.00216. The van der Waals surface area contributed by atoms with Crippen molar-refractivity contribution in [1.29, 1.82) is 0 Å². The molecule has 0 aliphatic carbocycles. The fraction of sp³-hybridized carbons (Fsp3) is 0.211. The van der Waals surface area contributed by atoms with E-state index >= 15 is 0 Å². The first-order chi connectivity index (χ1) is 12.1. The first kappa shape index (κ1) is 17.2. The first-order valence-electron chi connectivity index (χ1n) is 7.85. The molecule has 0 saturated heterocycles. The van der Waals surface area contributed by atoms with Crippen LogP contribution in [-0.4, -0.2) is 33.4 Å². The first-order valence-corrected chi connectivity index (χ1v) is 8.84. The van der Waals surface area contributed by atoms with Crippen molar-refractivity contribution in [3.63, 3.8) is 0 Å². The Morgan fingerprint density at radius 1 is 1.12 bits per heavy atom. The molecule has 3 aromatic rings. The lowest BCUT2D eigenvalue weighted by atomic mass is 10.1. The zero-order valence-corrected chi connectivity index (χ0v) is 15.2. The summed E-state index contributed by atoms with van der Waals surface area (Å²) in [4.78, 5) is 12.5. The van der Waals surface area contributed by atoms with Gasteiger partial charge in [0.15, 0.2) is 16.8 Å². The standard InChI is InChI=1S/C19H19N3O2S/c1-13-8-10-14(11-9-13)18-20-21-19(22(18)2)25-12-16(23)15-6-4-5-7-17(15)24-3/h4-11H,12H2,1-3H3. The molecular formula is C19H19N3O2S. The van der Waals surface area contributed by atoms with Gasteiger partial charge in [0.25, 0.3) is 0 Å². The Hall–Kier alpha value is -2.60. The highest BCUT2D eigenvalue weighted by atomic mass is 32.2. The summed E-state index contributed by atoms with van der Waals surface area (Å²) in [5.41, 5.74) is 2.78. The molecule has 0 N–H and O–H groups in total. The van der Waals surface area contributed by atoms with Crippen LogP contribution in [0.3, 0.4) is 0 Å². The Morgan fingerprint density at radius 3 is 2.56 bits per heavy atom. The molecule has 0 fully saturated rings. The van der Waals surface area contributed by atoms with E-state index in [4.69, 9.17) is 4.74 Å². The number of carbonyl (C=O) groups excluding carboxylic acids is 1. The summed E-state index contributed by atoms with van der Waals surface area (Å²) in [5.74, 6) is 1.65. The number of aromatic nitrogens is 3. The summed E-state index contributed by atoms with van der Waals surface area (Å²) in [5, 5.41) is 9.18. The highest BCUT2D eigenvalue weighted by molar-refractivity contribution is 7.99. The molecule has 5 nitrogen and oxygen atoms in total. The zero-order valence-electron chi connectivity index (χ0n) is 14.4. The number of benzene rings is 2. The van der Waals surface area contributed by atoms with E-state index < -0.39 is 0 Å². The van der Waals surface area contributed by atoms with Gasteiger partial charge in [-0.15, -0.1) is 10.2 Å². The largest absolute Gasteiger partial charge is 0.496 e. The number of ketones is 1. The number of carbonyl (C=O) groups is 1. The molecule has 0 amide bonds. The molecule has 3 rings (SSSR count). The molecule has 25 heavy (non-hydrogen) atoms. The van der Waals surface area contributed by atoms with Gasteiger partial charge in [-0.3, -0.25) is 4.79 Å². The van der Waals surface area contributed by atoms with E-state index in [9.17, 15) is 4.79 Å². The number of methoxy groups -OCH3 is 1. The Labute approximate surface area is 151 Å². The van der Waals surface area contributed by atoms with Gasteiger partial charge in [-0.2, -0.15) is 0 Å². The fourth-order valence-corrected chi connectivity index (χ4v) is 3.27. The Bertz CT molecular complexity index is 888. The van der Waals surface area contributed by atoms with Gasteiger partial charge in [0, 0.05) is 12.6 Å². The summed E-state index contributed by atoms with van der Waals surface area (Å²) in [6, 6.07) is 15.4. The van der Waals surface area contributed by atoms with Crippen molar-refractivity contribution in [2.24, 2.45) is 7.05 Å². The van der Waals surface area contributed by atoms with Crippen LogP contribution in [-0.2, 0) is 7.05 Å². The third-order valence-corrected chi connectivity index (χ3v) is 4.90. The molecule has 0 atom stereocenters. The highest BCUT2D eigenvalue weighted by Crippen LogP contribution is 2.25. The third-order valence-electron chi connectivity index (χ3n) is 3.88. The van der Waals surface area contributed by atoms with Crippen molar-refractivity contribution in [2.45, 2.75) is 12.1 Å². The average molecular weight is 353 g/mol. The Balaban J connectivity index is 1.74. The van der Waals surface area contributed by atoms with Crippen LogP contribution in [0, 0.1) is 6.92 Å². The van der Waals surface area contributed by atoms with Gasteiger partial charge in [-0.25, -0.2) is 0 Å². The van der Waals surface area contributed by atoms with E-state index in [1.807, 2.05) is 54.9 Å². The molecule has 0 bridgehead atoms. The molecule has 1 aromatic heterocycles. The van der Waals surface area contributed by atoms with Crippen LogP contribution in [0.1, 0.15) is 15.9 Å². The van der Waals surface area contributed by atoms with Crippen molar-refractivity contribution in [1.82, 2.24) is 14.8 Å². The van der Waals surface area contributed by atoms with Gasteiger partial charge in [-0.1, -0.05) is 53.7 Å². The minimum atomic E-state index is 0.00216. The fourth-order valence-electron chi connectivity index (χ4n) is 2.48. The summed E-state index contributed by atoms with van der Waals surface area (Å²) in [7, 11) is 3.47. The maximum Gasteiger partial charge on any atom is 0.191 e. The molecule has 128 valence electrons. The number of hydrogen-bond acceptors (Lipinski definition) is 5. The van der Waals surface area contributed by atoms with Crippen LogP contribution < -0.4 is 4.74 Å². The third kappa shape index (κ3) is 3.74. The number of thioether (sulfide) groups is 1. The summed E-state index contributed by atoms with van der Waals surface area (Å²) in [6.45, 7) is 2.05. The highest BCUT2D eigenvalue weighted by Gasteiger charge is 2.15. The van der Waals surface area contributed by atoms with E-state index in [0.29, 0.717) is 16.5 Å². The van der Waals surface area contributed by atoms with Crippen LogP contribution in [0.5, 0.6) is 5.75 Å². The van der Waals surface area contributed by atoms with E-state index in [-0.39, 0.29) is 11.5 Å². The van der Waals surface area contributed by atoms with Crippen molar-refractivity contribution in [2.75, 3.05) is 12.9 Å². The molecule has 6 heteroatoms. The Kier molecular flexibility index (Phi) is 5.19. The van der Waals surface area contributed by atoms with Crippen molar-refractivity contribution in [3.8, 4) is 17.1 Å². The summed E-state index contributed by atoms with van der Waals surface area (Å²) in [6.07, 6.45) is 0. The smallest absolute Gasteiger partial charge is 0.191 e. The van der Waals surface area contributed by atoms with Gasteiger partial charge in [-0.05, 0) is 19.1 Å². The summed E-state index contributed by atoms with van der Waals surface area (Å²) < 4.78 is 7.16. The van der Waals surface area contributed by atoms with Crippen LogP contribution in [0.2, 0.25) is 0 Å². The van der Waals surface area contributed by atoms with E-state index in [1.54, 1.807) is 19.2 Å². The van der Waals surface area contributed by atoms with Gasteiger partial charge in [0.2, 0.25) is 0 Å². The molecule has 0 spiro atoms. The quantitative estimate of drug-likeness (QED) is 0.499. The van der Waals surface area contributed by atoms with Crippen LogP contribution in [0.4, 0.5) is 0 Å². The topological polar surface area (TPSA) is 57.0 Å². The van der Waals surface area contributed by atoms with E-state index in [2.05, 4.69) is 10.2 Å². The number of ether oxygens (including phenoxy) is 1. The predicted molar refractivity (Wildman–Crippen MR) is 99.2 cm³/mol. The molecule has 2 aromatic carbocycles. The number of rotatable bonds is 6. The SMILES string of the molecule is COc1ccccc1C(=O)CSc1nnc(-c2ccc(C)cc2)n1C. The maximum atomic E-state index is 12.5. The number of para-hydroxylation sites is 1. The predicted octanol–water partition coefficient (Wildman–Crippen LogP) is 3.77. The lowest BCUT2D eigenvalue weighted by Gasteiger charge is -2.07. The van der Waals surface area contributed by atoms with Gasteiger partial charge >= 0.3 is 0 Å². The van der Waals surface area contributed by atoms with Crippen LogP contribution >= 0.6 is 11.8 Å². The monoisotopic (exact) mass is 353 g/mol. The van der Waals surface area contributed by atoms with Crippen molar-refractivity contribution < 1.29 is 9.53 Å². The molecule has 0 saturated carbocycles. The normalized spacial score (nSPS) is 10.7. The average Bonchev–Trinajstić information content (AvgIpc) is 3.01. The molecule has 0 aliphatic rings. The zero-order chi connectivity index (χ0) is 17.8. The maximum absolute atomic E-state index is 12.5. The second-order valence-corrected chi connectivity index (χ2v) is 6.59. The number of hydrogen-bond donors (Lipinski definition) is 0. The van der Waals surface area contributed by atoms with Crippen LogP contribution in [0.15, 0.2) is 53.7 Å². The number of Topliss-reactive ketones (excluding diaryl/α,β-unsaturated/α-hetero) is 1. The van der Waals surface area contributed by atoms with E-state index in [1.165, 1.54) is 17.3 Å². The van der Waals surface area contributed by atoms with E-state index in [0.717, 1.165) is 11.4 Å². The molecular weight excluding hydrogens is 334 g/mol. The van der Waals surface area contributed by atoms with Gasteiger partial charge in [0.05, 0.1) is 18.4 Å². The molecule has 0 aliphatic heterocycles. The number of nitrogens with zero attached hydrogens (tertiary/aromatic N) is 3. The lowest BCUT2D eigenvalue weighted by molar-refractivity contribution is 0.101. The number of aryl methyl sites for hydroxylation is 1.